The van der Waals surface area contributed by atoms with E-state index >= 15 is 0 Å². The van der Waals surface area contributed by atoms with Gasteiger partial charge in [0.05, 0.1) is 0 Å². The third-order valence-corrected chi connectivity index (χ3v) is 2.61. The Labute approximate surface area is 107 Å². The third kappa shape index (κ3) is 3.39. The molecule has 2 rings (SSSR count). The number of pyridine rings is 1. The molecule has 1 aromatic carbocycles. The average molecular weight is 238 g/mol. The summed E-state index contributed by atoms with van der Waals surface area (Å²) < 4.78 is 1.95. The topological polar surface area (TPSA) is 20.9 Å². The molecule has 1 heterocycles. The lowest BCUT2D eigenvalue weighted by molar-refractivity contribution is -0.685. The number of Topliss-reactive ketones (excluding diaryl/α,β-unsaturated/α-hetero) is 1. The van der Waals surface area contributed by atoms with Gasteiger partial charge in [0.2, 0.25) is 12.2 Å². The Morgan fingerprint density at radius 3 is 2.50 bits per heavy atom. The molecule has 0 N–H and O–H groups in total. The molecule has 0 atom stereocenters. The van der Waals surface area contributed by atoms with Crippen molar-refractivity contribution < 1.29 is 9.36 Å². The molecule has 0 bridgehead atoms. The van der Waals surface area contributed by atoms with Gasteiger partial charge in [0.25, 0.3) is 0 Å². The highest BCUT2D eigenvalue weighted by Gasteiger charge is 2.08. The van der Waals surface area contributed by atoms with Crippen LogP contribution in [0.25, 0.3) is 12.2 Å². The van der Waals surface area contributed by atoms with Gasteiger partial charge in [0.1, 0.15) is 0 Å². The van der Waals surface area contributed by atoms with Crippen LogP contribution in [0.15, 0.2) is 54.7 Å². The van der Waals surface area contributed by atoms with Crippen molar-refractivity contribution in [3.63, 3.8) is 0 Å². The van der Waals surface area contributed by atoms with Crippen molar-refractivity contribution in [3.05, 3.63) is 66.0 Å². The smallest absolute Gasteiger partial charge is 0.206 e. The number of nitrogens with zero attached hydrogens (tertiary/aromatic N) is 1. The molecule has 0 spiro atoms. The molecule has 0 unspecified atom stereocenters. The summed E-state index contributed by atoms with van der Waals surface area (Å²) in [5, 5.41) is 0. The maximum Gasteiger partial charge on any atom is 0.206 e. The van der Waals surface area contributed by atoms with E-state index < -0.39 is 0 Å². The van der Waals surface area contributed by atoms with Gasteiger partial charge in [-0.15, -0.1) is 0 Å². The molecule has 0 aliphatic carbocycles. The number of carbonyl (C=O) groups is 1. The van der Waals surface area contributed by atoms with Gasteiger partial charge < -0.3 is 0 Å². The van der Waals surface area contributed by atoms with Gasteiger partial charge in [-0.3, -0.25) is 4.79 Å². The van der Waals surface area contributed by atoms with E-state index in [1.165, 1.54) is 0 Å². The lowest BCUT2D eigenvalue weighted by atomic mass is 10.2. The fourth-order valence-corrected chi connectivity index (χ4v) is 1.77. The second-order valence-corrected chi connectivity index (χ2v) is 4.20. The molecule has 2 aromatic rings. The van der Waals surface area contributed by atoms with Gasteiger partial charge >= 0.3 is 0 Å². The minimum absolute atomic E-state index is 0.153. The van der Waals surface area contributed by atoms with E-state index in [0.717, 1.165) is 11.3 Å². The second kappa shape index (κ2) is 5.92. The maximum absolute atomic E-state index is 11.2. The monoisotopic (exact) mass is 238 g/mol. The van der Waals surface area contributed by atoms with Crippen LogP contribution in [0, 0.1) is 0 Å². The number of hydrogen-bond acceptors (Lipinski definition) is 1. The molecule has 90 valence electrons. The minimum Gasteiger partial charge on any atom is -0.293 e. The predicted octanol–water partition coefficient (Wildman–Crippen LogP) is 2.73. The number of rotatable bonds is 4. The molecule has 0 aliphatic rings. The molecular weight excluding hydrogens is 222 g/mol. The lowest BCUT2D eigenvalue weighted by Crippen LogP contribution is -2.39. The predicted molar refractivity (Wildman–Crippen MR) is 72.7 cm³/mol. The van der Waals surface area contributed by atoms with E-state index in [-0.39, 0.29) is 5.78 Å². The van der Waals surface area contributed by atoms with Gasteiger partial charge in [-0.1, -0.05) is 30.3 Å². The Balaban J connectivity index is 2.23. The van der Waals surface area contributed by atoms with Crippen LogP contribution in [0.3, 0.4) is 0 Å². The van der Waals surface area contributed by atoms with E-state index in [9.17, 15) is 4.79 Å². The average Bonchev–Trinajstić information content (AvgIpc) is 2.38. The zero-order valence-electron chi connectivity index (χ0n) is 10.4. The number of aromatic nitrogens is 1. The molecule has 2 heteroatoms. The molecule has 0 saturated carbocycles. The first kappa shape index (κ1) is 12.2. The van der Waals surface area contributed by atoms with Crippen LogP contribution in [0.1, 0.15) is 18.2 Å². The SMILES string of the molecule is CC(=O)C[n+]1ccccc1/C=C/c1ccccc1. The van der Waals surface area contributed by atoms with Gasteiger partial charge in [-0.2, -0.15) is 4.57 Å². The summed E-state index contributed by atoms with van der Waals surface area (Å²) in [5.41, 5.74) is 2.17. The Bertz CT molecular complexity index is 558. The number of ketones is 1. The van der Waals surface area contributed by atoms with Gasteiger partial charge in [0.15, 0.2) is 12.0 Å². The van der Waals surface area contributed by atoms with Crippen molar-refractivity contribution in [2.24, 2.45) is 0 Å². The fourth-order valence-electron chi connectivity index (χ4n) is 1.77. The van der Waals surface area contributed by atoms with E-state index in [1.54, 1.807) is 6.92 Å². The van der Waals surface area contributed by atoms with Crippen LogP contribution in [-0.4, -0.2) is 5.78 Å². The van der Waals surface area contributed by atoms with Crippen LogP contribution < -0.4 is 4.57 Å². The summed E-state index contributed by atoms with van der Waals surface area (Å²) in [7, 11) is 0. The number of benzene rings is 1. The van der Waals surface area contributed by atoms with E-state index in [4.69, 9.17) is 0 Å². The van der Waals surface area contributed by atoms with Gasteiger partial charge in [-0.05, 0) is 17.7 Å². The van der Waals surface area contributed by atoms with Crippen molar-refractivity contribution >= 4 is 17.9 Å². The summed E-state index contributed by atoms with van der Waals surface area (Å²) in [6, 6.07) is 16.0. The summed E-state index contributed by atoms with van der Waals surface area (Å²) >= 11 is 0. The summed E-state index contributed by atoms with van der Waals surface area (Å²) in [6.07, 6.45) is 6.00. The normalized spacial score (nSPS) is 10.7. The van der Waals surface area contributed by atoms with Crippen molar-refractivity contribution in [2.75, 3.05) is 0 Å². The molecule has 0 aliphatic heterocycles. The molecule has 0 radical (unpaired) electrons. The molecule has 0 amide bonds. The van der Waals surface area contributed by atoms with E-state index in [1.807, 2.05) is 59.3 Å². The molecule has 1 aromatic heterocycles. The van der Waals surface area contributed by atoms with Crippen LogP contribution in [0.5, 0.6) is 0 Å². The first-order valence-corrected chi connectivity index (χ1v) is 5.97. The zero-order valence-corrected chi connectivity index (χ0v) is 10.4. The van der Waals surface area contributed by atoms with Crippen molar-refractivity contribution in [1.29, 1.82) is 0 Å². The Morgan fingerprint density at radius 1 is 1.06 bits per heavy atom. The first-order chi connectivity index (χ1) is 8.75. The lowest BCUT2D eigenvalue weighted by Gasteiger charge is -1.97. The highest BCUT2D eigenvalue weighted by atomic mass is 16.1. The molecule has 0 saturated heterocycles. The number of hydrogen-bond donors (Lipinski definition) is 0. The van der Waals surface area contributed by atoms with Gasteiger partial charge in [0, 0.05) is 25.1 Å². The maximum atomic E-state index is 11.2. The van der Waals surface area contributed by atoms with E-state index in [2.05, 4.69) is 12.1 Å². The molecule has 2 nitrogen and oxygen atoms in total. The molecule has 18 heavy (non-hydrogen) atoms. The third-order valence-electron chi connectivity index (χ3n) is 2.61. The molecular formula is C16H16NO+. The Kier molecular flexibility index (Phi) is 4.02. The summed E-state index contributed by atoms with van der Waals surface area (Å²) in [4.78, 5) is 11.2. The number of carbonyl (C=O) groups excluding carboxylic acids is 1. The molecule has 0 fully saturated rings. The Hall–Kier alpha value is -2.22. The first-order valence-electron chi connectivity index (χ1n) is 5.97. The van der Waals surface area contributed by atoms with Crippen LogP contribution in [0.4, 0.5) is 0 Å². The van der Waals surface area contributed by atoms with Crippen LogP contribution in [0.2, 0.25) is 0 Å². The second-order valence-electron chi connectivity index (χ2n) is 4.20. The summed E-state index contributed by atoms with van der Waals surface area (Å²) in [6.45, 7) is 2.01. The fraction of sp³-hybridized carbons (Fsp3) is 0.125. The highest BCUT2D eigenvalue weighted by molar-refractivity contribution is 5.74. The van der Waals surface area contributed by atoms with Crippen molar-refractivity contribution in [3.8, 4) is 0 Å². The minimum atomic E-state index is 0.153. The van der Waals surface area contributed by atoms with Crippen LogP contribution in [-0.2, 0) is 11.3 Å². The van der Waals surface area contributed by atoms with Crippen molar-refractivity contribution in [1.82, 2.24) is 0 Å². The standard InChI is InChI=1S/C16H16NO/c1-14(18)13-17-12-6-5-9-16(17)11-10-15-7-3-2-4-8-15/h2-12H,13H2,1H3/q+1/b11-10+. The van der Waals surface area contributed by atoms with Crippen LogP contribution >= 0.6 is 0 Å². The summed E-state index contributed by atoms with van der Waals surface area (Å²) in [5.74, 6) is 0.153. The largest absolute Gasteiger partial charge is 0.293 e. The quantitative estimate of drug-likeness (QED) is 0.750. The Morgan fingerprint density at radius 2 is 1.78 bits per heavy atom. The van der Waals surface area contributed by atoms with Crippen molar-refractivity contribution in [2.45, 2.75) is 13.5 Å². The zero-order chi connectivity index (χ0) is 12.8. The van der Waals surface area contributed by atoms with E-state index in [0.29, 0.717) is 6.54 Å². The van der Waals surface area contributed by atoms with Gasteiger partial charge in [-0.25, -0.2) is 0 Å². The highest BCUT2D eigenvalue weighted by Crippen LogP contribution is 2.04.